The second kappa shape index (κ2) is 10.2. The maximum Gasteiger partial charge on any atom is 0.275 e. The van der Waals surface area contributed by atoms with Gasteiger partial charge in [0.15, 0.2) is 6.54 Å². The minimum Gasteiger partial charge on any atom is -0.342 e. The van der Waals surface area contributed by atoms with E-state index >= 15 is 0 Å². The van der Waals surface area contributed by atoms with Gasteiger partial charge in [0.1, 0.15) is 11.9 Å². The Morgan fingerprint density at radius 2 is 1.79 bits per heavy atom. The van der Waals surface area contributed by atoms with Crippen molar-refractivity contribution in [3.05, 3.63) is 64.4 Å². The van der Waals surface area contributed by atoms with Crippen LogP contribution in [0.25, 0.3) is 0 Å². The van der Waals surface area contributed by atoms with Crippen LogP contribution in [0, 0.1) is 18.7 Å². The summed E-state index contributed by atoms with van der Waals surface area (Å²) in [6.07, 6.45) is 0. The molecule has 2 aromatic rings. The number of benzene rings is 2. The smallest absolute Gasteiger partial charge is 0.275 e. The quantitative estimate of drug-likeness (QED) is 0.630. The van der Waals surface area contributed by atoms with Crippen LogP contribution in [0.15, 0.2) is 42.5 Å². The van der Waals surface area contributed by atoms with E-state index in [9.17, 15) is 14.0 Å². The Balaban J connectivity index is 1.83. The summed E-state index contributed by atoms with van der Waals surface area (Å²) in [5.74, 6) is -0.597. The number of amides is 2. The summed E-state index contributed by atoms with van der Waals surface area (Å²) < 4.78 is 13.1. The minimum absolute atomic E-state index is 0.0225. The third-order valence-corrected chi connectivity index (χ3v) is 4.93. The van der Waals surface area contributed by atoms with Crippen molar-refractivity contribution in [1.82, 2.24) is 5.32 Å². The minimum atomic E-state index is -0.322. The van der Waals surface area contributed by atoms with E-state index in [2.05, 4.69) is 10.6 Å². The van der Waals surface area contributed by atoms with Gasteiger partial charge in [-0.1, -0.05) is 43.6 Å². The van der Waals surface area contributed by atoms with E-state index in [0.29, 0.717) is 10.7 Å². The van der Waals surface area contributed by atoms with Gasteiger partial charge in [-0.15, -0.1) is 0 Å². The predicted molar refractivity (Wildman–Crippen MR) is 109 cm³/mol. The first-order chi connectivity index (χ1) is 13.3. The van der Waals surface area contributed by atoms with Crippen LogP contribution >= 0.6 is 11.6 Å². The highest BCUT2D eigenvalue weighted by atomic mass is 35.5. The van der Waals surface area contributed by atoms with E-state index in [1.54, 1.807) is 30.3 Å². The van der Waals surface area contributed by atoms with Gasteiger partial charge in [0.05, 0.1) is 6.54 Å². The first-order valence-corrected chi connectivity index (χ1v) is 9.56. The SMILES string of the molecule is Cc1c(Cl)cccc1NC(=O)CNC(=O)C[NH2+][C@@H](c1ccc(F)cc1)C(C)C. The molecule has 0 spiro atoms. The summed E-state index contributed by atoms with van der Waals surface area (Å²) in [5.41, 5.74) is 2.35. The van der Waals surface area contributed by atoms with Crippen molar-refractivity contribution in [1.29, 1.82) is 0 Å². The molecular weight excluding hydrogens is 381 g/mol. The van der Waals surface area contributed by atoms with Crippen molar-refractivity contribution >= 4 is 29.1 Å². The number of halogens is 2. The van der Waals surface area contributed by atoms with E-state index in [0.717, 1.165) is 11.1 Å². The van der Waals surface area contributed by atoms with Crippen LogP contribution in [0.5, 0.6) is 0 Å². The maximum absolute atomic E-state index is 13.1. The summed E-state index contributed by atoms with van der Waals surface area (Å²) in [5, 5.41) is 7.81. The zero-order chi connectivity index (χ0) is 20.7. The fourth-order valence-corrected chi connectivity index (χ4v) is 3.08. The first-order valence-electron chi connectivity index (χ1n) is 9.18. The largest absolute Gasteiger partial charge is 0.342 e. The average Bonchev–Trinajstić information content (AvgIpc) is 2.65. The van der Waals surface area contributed by atoms with Gasteiger partial charge >= 0.3 is 0 Å². The molecule has 0 aliphatic carbocycles. The number of anilines is 1. The van der Waals surface area contributed by atoms with Gasteiger partial charge < -0.3 is 16.0 Å². The number of hydrogen-bond acceptors (Lipinski definition) is 2. The van der Waals surface area contributed by atoms with E-state index < -0.39 is 0 Å². The van der Waals surface area contributed by atoms with Crippen molar-refractivity contribution in [2.24, 2.45) is 5.92 Å². The molecule has 2 aromatic carbocycles. The molecule has 1 atom stereocenters. The van der Waals surface area contributed by atoms with E-state index in [4.69, 9.17) is 11.6 Å². The maximum atomic E-state index is 13.1. The topological polar surface area (TPSA) is 74.8 Å². The van der Waals surface area contributed by atoms with Crippen molar-refractivity contribution in [2.45, 2.75) is 26.8 Å². The van der Waals surface area contributed by atoms with Gasteiger partial charge in [0.25, 0.3) is 5.91 Å². The number of hydrogen-bond donors (Lipinski definition) is 3. The molecule has 0 aliphatic rings. The monoisotopic (exact) mass is 406 g/mol. The van der Waals surface area contributed by atoms with Gasteiger partial charge in [-0.25, -0.2) is 4.39 Å². The van der Waals surface area contributed by atoms with E-state index in [1.165, 1.54) is 12.1 Å². The molecule has 0 saturated heterocycles. The number of nitrogens with one attached hydrogen (secondary N) is 2. The Hall–Kier alpha value is -2.44. The van der Waals surface area contributed by atoms with Gasteiger partial charge in [-0.2, -0.15) is 0 Å². The summed E-state index contributed by atoms with van der Waals surface area (Å²) >= 11 is 6.03. The Morgan fingerprint density at radius 1 is 1.11 bits per heavy atom. The molecule has 0 unspecified atom stereocenters. The molecule has 0 heterocycles. The summed E-state index contributed by atoms with van der Waals surface area (Å²) in [6.45, 7) is 5.95. The third-order valence-electron chi connectivity index (χ3n) is 4.52. The van der Waals surface area contributed by atoms with Crippen molar-refractivity contribution in [2.75, 3.05) is 18.4 Å². The Labute approximate surface area is 169 Å². The molecule has 2 amide bonds. The normalized spacial score (nSPS) is 11.9. The van der Waals surface area contributed by atoms with E-state index in [-0.39, 0.29) is 42.7 Å². The lowest BCUT2D eigenvalue weighted by atomic mass is 9.96. The number of quaternary nitrogens is 1. The second-order valence-corrected chi connectivity index (χ2v) is 7.41. The number of rotatable bonds is 8. The molecule has 0 aromatic heterocycles. The highest BCUT2D eigenvalue weighted by Gasteiger charge is 2.20. The molecule has 150 valence electrons. The fraction of sp³-hybridized carbons (Fsp3) is 0.333. The lowest BCUT2D eigenvalue weighted by Gasteiger charge is -2.19. The predicted octanol–water partition coefficient (Wildman–Crippen LogP) is 2.80. The zero-order valence-electron chi connectivity index (χ0n) is 16.3. The molecule has 0 aliphatic heterocycles. The molecule has 5 nitrogen and oxygen atoms in total. The van der Waals surface area contributed by atoms with Gasteiger partial charge in [-0.05, 0) is 36.8 Å². The summed E-state index contributed by atoms with van der Waals surface area (Å²) in [6, 6.07) is 11.6. The van der Waals surface area contributed by atoms with Gasteiger partial charge in [0, 0.05) is 22.2 Å². The van der Waals surface area contributed by atoms with Crippen molar-refractivity contribution in [3.63, 3.8) is 0 Å². The van der Waals surface area contributed by atoms with Crippen molar-refractivity contribution < 1.29 is 19.3 Å². The van der Waals surface area contributed by atoms with Crippen LogP contribution in [-0.2, 0) is 9.59 Å². The molecule has 0 saturated carbocycles. The van der Waals surface area contributed by atoms with Crippen LogP contribution < -0.4 is 16.0 Å². The van der Waals surface area contributed by atoms with Crippen molar-refractivity contribution in [3.8, 4) is 0 Å². The molecule has 7 heteroatoms. The average molecular weight is 407 g/mol. The number of nitrogens with two attached hydrogens (primary N) is 1. The van der Waals surface area contributed by atoms with Crippen LogP contribution in [0.2, 0.25) is 5.02 Å². The molecule has 2 rings (SSSR count). The molecule has 28 heavy (non-hydrogen) atoms. The van der Waals surface area contributed by atoms with Crippen LogP contribution in [0.4, 0.5) is 10.1 Å². The molecule has 0 radical (unpaired) electrons. The second-order valence-electron chi connectivity index (χ2n) is 7.00. The highest BCUT2D eigenvalue weighted by molar-refractivity contribution is 6.31. The molecule has 4 N–H and O–H groups in total. The zero-order valence-corrected chi connectivity index (χ0v) is 17.0. The summed E-state index contributed by atoms with van der Waals surface area (Å²) in [4.78, 5) is 24.2. The first kappa shape index (κ1) is 21.9. The third kappa shape index (κ3) is 6.32. The fourth-order valence-electron chi connectivity index (χ4n) is 2.90. The van der Waals surface area contributed by atoms with Crippen LogP contribution in [0.1, 0.15) is 31.0 Å². The summed E-state index contributed by atoms with van der Waals surface area (Å²) in [7, 11) is 0. The van der Waals surface area contributed by atoms with Crippen LogP contribution in [-0.4, -0.2) is 24.9 Å². The number of carbonyl (C=O) groups excluding carboxylic acids is 2. The molecule has 0 bridgehead atoms. The van der Waals surface area contributed by atoms with Crippen LogP contribution in [0.3, 0.4) is 0 Å². The highest BCUT2D eigenvalue weighted by Crippen LogP contribution is 2.22. The standard InChI is InChI=1S/C21H25ClFN3O2/c1-13(2)21(15-7-9-16(23)10-8-15)25-11-19(27)24-12-20(28)26-18-6-4-5-17(22)14(18)3/h4-10,13,21,25H,11-12H2,1-3H3,(H,24,27)(H,26,28)/p+1/t21-/m1/s1. The number of carbonyl (C=O) groups is 2. The lowest BCUT2D eigenvalue weighted by Crippen LogP contribution is -2.88. The Morgan fingerprint density at radius 3 is 2.43 bits per heavy atom. The molecular formula is C21H26ClFN3O2+. The van der Waals surface area contributed by atoms with E-state index in [1.807, 2.05) is 26.1 Å². The van der Waals surface area contributed by atoms with Gasteiger partial charge in [0.2, 0.25) is 5.91 Å². The molecule has 0 fully saturated rings. The lowest BCUT2D eigenvalue weighted by molar-refractivity contribution is -0.692. The van der Waals surface area contributed by atoms with Gasteiger partial charge in [-0.3, -0.25) is 9.59 Å². The Kier molecular flexibility index (Phi) is 7.96. The Bertz CT molecular complexity index is 825.